The molecule has 2 aromatic carbocycles. The molecule has 0 heterocycles. The lowest BCUT2D eigenvalue weighted by molar-refractivity contribution is -0.385. The van der Waals surface area contributed by atoms with E-state index in [1.54, 1.807) is 25.1 Å². The molecular formula is C20H22N2O3. The van der Waals surface area contributed by atoms with Gasteiger partial charge in [-0.3, -0.25) is 14.9 Å². The molecule has 0 saturated carbocycles. The van der Waals surface area contributed by atoms with E-state index in [2.05, 4.69) is 26.1 Å². The van der Waals surface area contributed by atoms with Gasteiger partial charge in [0.2, 0.25) is 5.91 Å². The van der Waals surface area contributed by atoms with Crippen molar-refractivity contribution in [3.05, 3.63) is 75.3 Å². The lowest BCUT2D eigenvalue weighted by Gasteiger charge is -2.18. The molecule has 1 amide bonds. The first-order valence-electron chi connectivity index (χ1n) is 8.01. The van der Waals surface area contributed by atoms with Gasteiger partial charge in [-0.1, -0.05) is 51.1 Å². The highest BCUT2D eigenvalue weighted by molar-refractivity contribution is 6.02. The highest BCUT2D eigenvalue weighted by Crippen LogP contribution is 2.23. The number of carbonyl (C=O) groups excluding carboxylic acids is 1. The molecule has 130 valence electrons. The Morgan fingerprint density at radius 2 is 1.76 bits per heavy atom. The fourth-order valence-electron chi connectivity index (χ4n) is 2.33. The molecule has 2 rings (SSSR count). The first-order chi connectivity index (χ1) is 11.7. The van der Waals surface area contributed by atoms with Crippen LogP contribution in [0.5, 0.6) is 0 Å². The number of rotatable bonds is 4. The number of nitrogens with zero attached hydrogens (tertiary/aromatic N) is 1. The molecule has 0 aliphatic carbocycles. The number of amides is 1. The second-order valence-corrected chi connectivity index (χ2v) is 6.95. The zero-order valence-corrected chi connectivity index (χ0v) is 14.9. The summed E-state index contributed by atoms with van der Waals surface area (Å²) >= 11 is 0. The molecule has 0 aliphatic heterocycles. The number of aryl methyl sites for hydroxylation is 1. The Kier molecular flexibility index (Phi) is 5.37. The molecule has 0 spiro atoms. The van der Waals surface area contributed by atoms with Crippen molar-refractivity contribution >= 4 is 23.4 Å². The van der Waals surface area contributed by atoms with Crippen LogP contribution in [-0.2, 0) is 10.2 Å². The Balaban J connectivity index is 2.06. The topological polar surface area (TPSA) is 72.2 Å². The summed E-state index contributed by atoms with van der Waals surface area (Å²) in [6.45, 7) is 8.09. The van der Waals surface area contributed by atoms with Gasteiger partial charge in [-0.2, -0.15) is 0 Å². The van der Waals surface area contributed by atoms with Gasteiger partial charge in [-0.25, -0.2) is 0 Å². The van der Waals surface area contributed by atoms with Gasteiger partial charge in [-0.05, 0) is 35.6 Å². The van der Waals surface area contributed by atoms with Gasteiger partial charge >= 0.3 is 0 Å². The number of benzene rings is 2. The highest BCUT2D eigenvalue weighted by Gasteiger charge is 2.13. The SMILES string of the molecule is Cc1ccc(NC(=O)/C=C/c2ccc(C(C)(C)C)cc2)cc1[N+](=O)[O-]. The van der Waals surface area contributed by atoms with Gasteiger partial charge in [0.1, 0.15) is 0 Å². The van der Waals surface area contributed by atoms with E-state index in [1.165, 1.54) is 17.7 Å². The number of hydrogen-bond acceptors (Lipinski definition) is 3. The van der Waals surface area contributed by atoms with Crippen LogP contribution in [0.15, 0.2) is 48.5 Å². The smallest absolute Gasteiger partial charge is 0.274 e. The lowest BCUT2D eigenvalue weighted by atomic mass is 9.87. The highest BCUT2D eigenvalue weighted by atomic mass is 16.6. The third-order valence-corrected chi connectivity index (χ3v) is 3.88. The molecule has 0 saturated heterocycles. The van der Waals surface area contributed by atoms with Crippen LogP contribution in [0.2, 0.25) is 0 Å². The van der Waals surface area contributed by atoms with Gasteiger partial charge in [0.25, 0.3) is 5.69 Å². The first-order valence-corrected chi connectivity index (χ1v) is 8.01. The van der Waals surface area contributed by atoms with Crippen LogP contribution in [0.3, 0.4) is 0 Å². The van der Waals surface area contributed by atoms with Crippen LogP contribution in [0.25, 0.3) is 6.08 Å². The summed E-state index contributed by atoms with van der Waals surface area (Å²) in [5.74, 6) is -0.335. The number of nitro benzene ring substituents is 1. The molecule has 0 aliphatic rings. The second-order valence-electron chi connectivity index (χ2n) is 6.95. The summed E-state index contributed by atoms with van der Waals surface area (Å²) in [4.78, 5) is 22.5. The summed E-state index contributed by atoms with van der Waals surface area (Å²) in [5.41, 5.74) is 3.16. The van der Waals surface area contributed by atoms with E-state index < -0.39 is 4.92 Å². The predicted molar refractivity (Wildman–Crippen MR) is 101 cm³/mol. The first kappa shape index (κ1) is 18.4. The molecule has 0 atom stereocenters. The van der Waals surface area contributed by atoms with Gasteiger partial charge < -0.3 is 5.32 Å². The van der Waals surface area contributed by atoms with E-state index in [1.807, 2.05) is 24.3 Å². The predicted octanol–water partition coefficient (Wildman–Crippen LogP) is 4.85. The largest absolute Gasteiger partial charge is 0.322 e. The number of carbonyl (C=O) groups is 1. The minimum atomic E-state index is -0.461. The van der Waals surface area contributed by atoms with Crippen molar-refractivity contribution in [2.75, 3.05) is 5.32 Å². The molecule has 0 unspecified atom stereocenters. The number of nitrogens with one attached hydrogen (secondary N) is 1. The standard InChI is InChI=1S/C20H22N2O3/c1-14-5-11-17(13-18(14)22(24)25)21-19(23)12-8-15-6-9-16(10-7-15)20(2,3)4/h5-13H,1-4H3,(H,21,23)/b12-8+. The third kappa shape index (κ3) is 5.01. The second kappa shape index (κ2) is 7.30. The molecule has 0 fully saturated rings. The van der Waals surface area contributed by atoms with Gasteiger partial charge in [-0.15, -0.1) is 0 Å². The van der Waals surface area contributed by atoms with Crippen LogP contribution in [0, 0.1) is 17.0 Å². The minimum Gasteiger partial charge on any atom is -0.322 e. The Hall–Kier alpha value is -2.95. The average Bonchev–Trinajstić information content (AvgIpc) is 2.54. The van der Waals surface area contributed by atoms with Crippen LogP contribution in [-0.4, -0.2) is 10.8 Å². The van der Waals surface area contributed by atoms with Crippen molar-refractivity contribution < 1.29 is 9.72 Å². The summed E-state index contributed by atoms with van der Waals surface area (Å²) in [6, 6.07) is 12.6. The van der Waals surface area contributed by atoms with E-state index in [9.17, 15) is 14.9 Å². The van der Waals surface area contributed by atoms with E-state index in [-0.39, 0.29) is 17.0 Å². The molecule has 25 heavy (non-hydrogen) atoms. The average molecular weight is 338 g/mol. The Morgan fingerprint density at radius 1 is 1.12 bits per heavy atom. The minimum absolute atomic E-state index is 0.0143. The van der Waals surface area contributed by atoms with Crippen molar-refractivity contribution in [2.45, 2.75) is 33.1 Å². The molecule has 5 heteroatoms. The van der Waals surface area contributed by atoms with Gasteiger partial charge in [0, 0.05) is 23.4 Å². The Bertz CT molecular complexity index is 816. The fraction of sp³-hybridized carbons (Fsp3) is 0.250. The molecule has 0 aromatic heterocycles. The zero-order valence-electron chi connectivity index (χ0n) is 14.9. The molecular weight excluding hydrogens is 316 g/mol. The van der Waals surface area contributed by atoms with Gasteiger partial charge in [0.15, 0.2) is 0 Å². The van der Waals surface area contributed by atoms with Crippen LogP contribution >= 0.6 is 0 Å². The molecule has 0 bridgehead atoms. The number of nitro groups is 1. The zero-order chi connectivity index (χ0) is 18.6. The molecule has 1 N–H and O–H groups in total. The van der Waals surface area contributed by atoms with E-state index in [0.717, 1.165) is 5.56 Å². The fourth-order valence-corrected chi connectivity index (χ4v) is 2.33. The summed E-state index contributed by atoms with van der Waals surface area (Å²) in [5, 5.41) is 13.6. The third-order valence-electron chi connectivity index (χ3n) is 3.88. The van der Waals surface area contributed by atoms with E-state index >= 15 is 0 Å². The summed E-state index contributed by atoms with van der Waals surface area (Å²) in [6.07, 6.45) is 3.13. The Labute approximate surface area is 147 Å². The van der Waals surface area contributed by atoms with Crippen molar-refractivity contribution in [1.82, 2.24) is 0 Å². The quantitative estimate of drug-likeness (QED) is 0.492. The lowest BCUT2D eigenvalue weighted by Crippen LogP contribution is -2.10. The van der Waals surface area contributed by atoms with Crippen LogP contribution in [0.1, 0.15) is 37.5 Å². The number of hydrogen-bond donors (Lipinski definition) is 1. The normalized spacial score (nSPS) is 11.5. The van der Waals surface area contributed by atoms with E-state index in [0.29, 0.717) is 11.3 Å². The maximum atomic E-state index is 12.0. The number of anilines is 1. The maximum absolute atomic E-state index is 12.0. The van der Waals surface area contributed by atoms with Crippen molar-refractivity contribution in [3.63, 3.8) is 0 Å². The van der Waals surface area contributed by atoms with Crippen molar-refractivity contribution in [2.24, 2.45) is 0 Å². The molecule has 2 aromatic rings. The van der Waals surface area contributed by atoms with Gasteiger partial charge in [0.05, 0.1) is 4.92 Å². The van der Waals surface area contributed by atoms with Crippen molar-refractivity contribution in [1.29, 1.82) is 0 Å². The summed E-state index contributed by atoms with van der Waals surface area (Å²) in [7, 11) is 0. The van der Waals surface area contributed by atoms with Crippen molar-refractivity contribution in [3.8, 4) is 0 Å². The van der Waals surface area contributed by atoms with E-state index in [4.69, 9.17) is 0 Å². The maximum Gasteiger partial charge on any atom is 0.274 e. The van der Waals surface area contributed by atoms with Crippen LogP contribution < -0.4 is 5.32 Å². The summed E-state index contributed by atoms with van der Waals surface area (Å²) < 4.78 is 0. The van der Waals surface area contributed by atoms with Crippen LogP contribution in [0.4, 0.5) is 11.4 Å². The molecule has 5 nitrogen and oxygen atoms in total. The monoisotopic (exact) mass is 338 g/mol. The molecule has 0 radical (unpaired) electrons. The Morgan fingerprint density at radius 3 is 2.32 bits per heavy atom.